The number of amides is 2. The highest BCUT2D eigenvalue weighted by atomic mass is 16.4. The monoisotopic (exact) mass is 288 g/mol. The van der Waals surface area contributed by atoms with E-state index in [2.05, 4.69) is 12.2 Å². The Kier molecular flexibility index (Phi) is 3.57. The number of anilines is 1. The molecule has 3 rings (SSSR count). The summed E-state index contributed by atoms with van der Waals surface area (Å²) < 4.78 is 0. The van der Waals surface area contributed by atoms with Gasteiger partial charge in [0.2, 0.25) is 0 Å². The SMILES string of the molecule is CC1CCC(NC(=O)N2CCc3cc(C(=O)O)ccc32)C1. The first kappa shape index (κ1) is 13.9. The molecule has 0 bridgehead atoms. The summed E-state index contributed by atoms with van der Waals surface area (Å²) in [6.45, 7) is 2.83. The molecule has 0 saturated heterocycles. The normalized spacial score (nSPS) is 24.0. The molecule has 2 amide bonds. The van der Waals surface area contributed by atoms with Crippen molar-refractivity contribution in [3.8, 4) is 0 Å². The summed E-state index contributed by atoms with van der Waals surface area (Å²) in [7, 11) is 0. The largest absolute Gasteiger partial charge is 0.478 e. The number of nitrogens with one attached hydrogen (secondary N) is 1. The molecule has 112 valence electrons. The molecule has 1 aliphatic carbocycles. The first-order valence-electron chi connectivity index (χ1n) is 7.49. The van der Waals surface area contributed by atoms with E-state index in [-0.39, 0.29) is 17.6 Å². The summed E-state index contributed by atoms with van der Waals surface area (Å²) in [5.74, 6) is -0.250. The van der Waals surface area contributed by atoms with Crippen LogP contribution in [0.2, 0.25) is 0 Å². The van der Waals surface area contributed by atoms with Crippen molar-refractivity contribution in [2.24, 2.45) is 5.92 Å². The van der Waals surface area contributed by atoms with Crippen LogP contribution >= 0.6 is 0 Å². The maximum absolute atomic E-state index is 12.4. The molecule has 1 aromatic carbocycles. The number of benzene rings is 1. The third-order valence-electron chi connectivity index (χ3n) is 4.49. The van der Waals surface area contributed by atoms with Gasteiger partial charge in [0.15, 0.2) is 0 Å². The number of carbonyl (C=O) groups is 2. The van der Waals surface area contributed by atoms with Crippen LogP contribution in [0.15, 0.2) is 18.2 Å². The van der Waals surface area contributed by atoms with Gasteiger partial charge in [-0.25, -0.2) is 9.59 Å². The maximum atomic E-state index is 12.4. The maximum Gasteiger partial charge on any atom is 0.335 e. The second-order valence-electron chi connectivity index (χ2n) is 6.11. The number of hydrogen-bond acceptors (Lipinski definition) is 2. The standard InChI is InChI=1S/C16H20N2O3/c1-10-2-4-13(8-10)17-16(21)18-7-6-11-9-12(15(19)20)3-5-14(11)18/h3,5,9-10,13H,2,4,6-8H2,1H3,(H,17,21)(H,19,20). The third kappa shape index (κ3) is 2.73. The molecule has 21 heavy (non-hydrogen) atoms. The molecule has 1 aliphatic heterocycles. The Morgan fingerprint density at radius 3 is 2.81 bits per heavy atom. The van der Waals surface area contributed by atoms with Gasteiger partial charge in [-0.15, -0.1) is 0 Å². The van der Waals surface area contributed by atoms with E-state index in [0.717, 1.165) is 24.1 Å². The number of carbonyl (C=O) groups excluding carboxylic acids is 1. The third-order valence-corrected chi connectivity index (χ3v) is 4.49. The van der Waals surface area contributed by atoms with Gasteiger partial charge in [0.25, 0.3) is 0 Å². The van der Waals surface area contributed by atoms with Crippen molar-refractivity contribution in [1.29, 1.82) is 0 Å². The minimum absolute atomic E-state index is 0.0593. The lowest BCUT2D eigenvalue weighted by atomic mass is 10.1. The van der Waals surface area contributed by atoms with E-state index >= 15 is 0 Å². The Balaban J connectivity index is 1.72. The van der Waals surface area contributed by atoms with Crippen molar-refractivity contribution in [2.75, 3.05) is 11.4 Å². The van der Waals surface area contributed by atoms with Crippen LogP contribution in [0.1, 0.15) is 42.1 Å². The second kappa shape index (κ2) is 5.39. The number of urea groups is 1. The average molecular weight is 288 g/mol. The van der Waals surface area contributed by atoms with Crippen LogP contribution < -0.4 is 10.2 Å². The number of carboxylic acids is 1. The second-order valence-corrected chi connectivity index (χ2v) is 6.11. The molecule has 2 atom stereocenters. The van der Waals surface area contributed by atoms with E-state index in [9.17, 15) is 9.59 Å². The fraction of sp³-hybridized carbons (Fsp3) is 0.500. The Morgan fingerprint density at radius 1 is 1.33 bits per heavy atom. The molecule has 2 N–H and O–H groups in total. The van der Waals surface area contributed by atoms with Gasteiger partial charge in [-0.1, -0.05) is 6.92 Å². The van der Waals surface area contributed by atoms with Gasteiger partial charge in [0, 0.05) is 18.3 Å². The fourth-order valence-electron chi connectivity index (χ4n) is 3.34. The zero-order chi connectivity index (χ0) is 15.0. The van der Waals surface area contributed by atoms with E-state index in [1.165, 1.54) is 6.42 Å². The molecule has 1 aromatic rings. The van der Waals surface area contributed by atoms with Crippen molar-refractivity contribution in [1.82, 2.24) is 5.32 Å². The Morgan fingerprint density at radius 2 is 2.14 bits per heavy atom. The molecule has 5 heteroatoms. The first-order valence-corrected chi connectivity index (χ1v) is 7.49. The molecular weight excluding hydrogens is 268 g/mol. The van der Waals surface area contributed by atoms with E-state index in [0.29, 0.717) is 18.9 Å². The molecule has 1 heterocycles. The molecule has 0 radical (unpaired) electrons. The van der Waals surface area contributed by atoms with Crippen molar-refractivity contribution >= 4 is 17.7 Å². The van der Waals surface area contributed by atoms with Crippen LogP contribution in [-0.4, -0.2) is 29.7 Å². The number of hydrogen-bond donors (Lipinski definition) is 2. The van der Waals surface area contributed by atoms with Gasteiger partial charge in [-0.3, -0.25) is 4.90 Å². The summed E-state index contributed by atoms with van der Waals surface area (Å²) in [6, 6.07) is 5.18. The van der Waals surface area contributed by atoms with Crippen molar-refractivity contribution < 1.29 is 14.7 Å². The predicted octanol–water partition coefficient (Wildman–Crippen LogP) is 2.65. The molecule has 1 saturated carbocycles. The van der Waals surface area contributed by atoms with Gasteiger partial charge in [-0.05, 0) is 55.4 Å². The van der Waals surface area contributed by atoms with Crippen molar-refractivity contribution in [3.63, 3.8) is 0 Å². The number of aromatic carboxylic acids is 1. The minimum atomic E-state index is -0.930. The average Bonchev–Trinajstić information content (AvgIpc) is 3.04. The molecule has 5 nitrogen and oxygen atoms in total. The molecule has 0 spiro atoms. The lowest BCUT2D eigenvalue weighted by molar-refractivity contribution is 0.0697. The van der Waals surface area contributed by atoms with Gasteiger partial charge in [0.05, 0.1) is 5.56 Å². The lowest BCUT2D eigenvalue weighted by Gasteiger charge is -2.21. The van der Waals surface area contributed by atoms with Crippen molar-refractivity contribution in [3.05, 3.63) is 29.3 Å². The summed E-state index contributed by atoms with van der Waals surface area (Å²) in [5.41, 5.74) is 2.05. The molecule has 2 aliphatic rings. The van der Waals surface area contributed by atoms with Crippen LogP contribution in [-0.2, 0) is 6.42 Å². The van der Waals surface area contributed by atoms with Crippen LogP contribution in [0.25, 0.3) is 0 Å². The fourth-order valence-corrected chi connectivity index (χ4v) is 3.34. The first-order chi connectivity index (χ1) is 10.0. The van der Waals surface area contributed by atoms with E-state index in [4.69, 9.17) is 5.11 Å². The molecular formula is C16H20N2O3. The molecule has 2 unspecified atom stereocenters. The highest BCUT2D eigenvalue weighted by Gasteiger charge is 2.29. The number of rotatable bonds is 2. The highest BCUT2D eigenvalue weighted by molar-refractivity contribution is 5.96. The summed E-state index contributed by atoms with van der Waals surface area (Å²) >= 11 is 0. The van der Waals surface area contributed by atoms with E-state index in [1.807, 2.05) is 0 Å². The number of nitrogens with zero attached hydrogens (tertiary/aromatic N) is 1. The number of fused-ring (bicyclic) bond motifs is 1. The minimum Gasteiger partial charge on any atom is -0.478 e. The van der Waals surface area contributed by atoms with E-state index in [1.54, 1.807) is 23.1 Å². The zero-order valence-electron chi connectivity index (χ0n) is 12.1. The van der Waals surface area contributed by atoms with E-state index < -0.39 is 5.97 Å². The molecule has 0 aromatic heterocycles. The summed E-state index contributed by atoms with van der Waals surface area (Å²) in [5, 5.41) is 12.1. The molecule has 1 fully saturated rings. The topological polar surface area (TPSA) is 69.6 Å². The van der Waals surface area contributed by atoms with Crippen molar-refractivity contribution in [2.45, 2.75) is 38.6 Å². The smallest absolute Gasteiger partial charge is 0.335 e. The quantitative estimate of drug-likeness (QED) is 0.879. The Bertz CT molecular complexity index is 585. The number of carboxylic acid groups (broad SMARTS) is 1. The Labute approximate surface area is 123 Å². The van der Waals surface area contributed by atoms with Gasteiger partial charge >= 0.3 is 12.0 Å². The lowest BCUT2D eigenvalue weighted by Crippen LogP contribution is -2.43. The van der Waals surface area contributed by atoms with Gasteiger partial charge in [-0.2, -0.15) is 0 Å². The van der Waals surface area contributed by atoms with Crippen LogP contribution in [0.5, 0.6) is 0 Å². The summed E-state index contributed by atoms with van der Waals surface area (Å²) in [6.07, 6.45) is 3.98. The zero-order valence-corrected chi connectivity index (χ0v) is 12.1. The Hall–Kier alpha value is -2.04. The van der Waals surface area contributed by atoms with Gasteiger partial charge in [0.1, 0.15) is 0 Å². The van der Waals surface area contributed by atoms with Crippen LogP contribution in [0.4, 0.5) is 10.5 Å². The predicted molar refractivity (Wildman–Crippen MR) is 79.8 cm³/mol. The van der Waals surface area contributed by atoms with Crippen LogP contribution in [0.3, 0.4) is 0 Å². The highest BCUT2D eigenvalue weighted by Crippen LogP contribution is 2.30. The summed E-state index contributed by atoms with van der Waals surface area (Å²) in [4.78, 5) is 25.1. The van der Waals surface area contributed by atoms with Gasteiger partial charge < -0.3 is 10.4 Å². The van der Waals surface area contributed by atoms with Crippen LogP contribution in [0, 0.1) is 5.92 Å².